The van der Waals surface area contributed by atoms with Gasteiger partial charge in [0.1, 0.15) is 11.3 Å². The largest absolute Gasteiger partial charge is 0.497 e. The Bertz CT molecular complexity index is 767. The van der Waals surface area contributed by atoms with Gasteiger partial charge in [0, 0.05) is 23.6 Å². The van der Waals surface area contributed by atoms with E-state index in [4.69, 9.17) is 19.6 Å². The van der Waals surface area contributed by atoms with Crippen LogP contribution in [0, 0.1) is 6.92 Å². The van der Waals surface area contributed by atoms with Gasteiger partial charge in [0.2, 0.25) is 5.91 Å². The SMILES string of the molecule is COc1ccc2c(C)c(C(=O)N3CCO[C@@H](C(N)=O)C3)oc2c1. The second kappa shape index (κ2) is 5.92. The van der Waals surface area contributed by atoms with Crippen LogP contribution in [0.1, 0.15) is 16.1 Å². The van der Waals surface area contributed by atoms with Crippen LogP contribution in [-0.4, -0.2) is 49.6 Å². The quantitative estimate of drug-likeness (QED) is 0.913. The zero-order valence-electron chi connectivity index (χ0n) is 13.0. The molecule has 122 valence electrons. The van der Waals surface area contributed by atoms with Gasteiger partial charge in [-0.3, -0.25) is 9.59 Å². The topological polar surface area (TPSA) is 95.0 Å². The van der Waals surface area contributed by atoms with Gasteiger partial charge in [-0.2, -0.15) is 0 Å². The van der Waals surface area contributed by atoms with Crippen molar-refractivity contribution in [2.75, 3.05) is 26.8 Å². The number of fused-ring (bicyclic) bond motifs is 1. The molecular weight excluding hydrogens is 300 g/mol. The van der Waals surface area contributed by atoms with E-state index in [0.717, 1.165) is 10.9 Å². The molecule has 7 heteroatoms. The van der Waals surface area contributed by atoms with E-state index in [1.165, 1.54) is 4.90 Å². The summed E-state index contributed by atoms with van der Waals surface area (Å²) < 4.78 is 16.1. The number of nitrogens with two attached hydrogens (primary N) is 1. The van der Waals surface area contributed by atoms with Crippen molar-refractivity contribution in [3.8, 4) is 5.75 Å². The molecule has 0 radical (unpaired) electrons. The Morgan fingerprint density at radius 2 is 2.17 bits per heavy atom. The third kappa shape index (κ3) is 2.75. The Kier molecular flexibility index (Phi) is 3.96. The average Bonchev–Trinajstić information content (AvgIpc) is 2.90. The number of furan rings is 1. The Morgan fingerprint density at radius 3 is 2.87 bits per heavy atom. The first-order valence-electron chi connectivity index (χ1n) is 7.28. The van der Waals surface area contributed by atoms with Gasteiger partial charge in [-0.25, -0.2) is 0 Å². The molecule has 1 saturated heterocycles. The molecule has 1 fully saturated rings. The minimum Gasteiger partial charge on any atom is -0.497 e. The van der Waals surface area contributed by atoms with Gasteiger partial charge in [-0.1, -0.05) is 0 Å². The number of ether oxygens (including phenoxy) is 2. The number of benzene rings is 1. The molecule has 0 bridgehead atoms. The molecule has 0 aliphatic carbocycles. The number of carbonyl (C=O) groups is 2. The Morgan fingerprint density at radius 1 is 1.39 bits per heavy atom. The molecule has 2 amide bonds. The van der Waals surface area contributed by atoms with E-state index in [1.54, 1.807) is 13.2 Å². The van der Waals surface area contributed by atoms with Crippen LogP contribution in [0.2, 0.25) is 0 Å². The molecular formula is C16H18N2O5. The van der Waals surface area contributed by atoms with Crippen molar-refractivity contribution in [3.05, 3.63) is 29.5 Å². The fourth-order valence-corrected chi connectivity index (χ4v) is 2.69. The number of rotatable bonds is 3. The minimum absolute atomic E-state index is 0.133. The zero-order valence-corrected chi connectivity index (χ0v) is 13.0. The van der Waals surface area contributed by atoms with E-state index in [-0.39, 0.29) is 24.8 Å². The highest BCUT2D eigenvalue weighted by atomic mass is 16.5. The number of methoxy groups -OCH3 is 1. The minimum atomic E-state index is -0.780. The summed E-state index contributed by atoms with van der Waals surface area (Å²) in [5, 5.41) is 0.855. The van der Waals surface area contributed by atoms with Crippen molar-refractivity contribution in [2.24, 2.45) is 5.73 Å². The molecule has 0 unspecified atom stereocenters. The summed E-state index contributed by atoms with van der Waals surface area (Å²) in [6, 6.07) is 5.41. The maximum atomic E-state index is 12.7. The lowest BCUT2D eigenvalue weighted by Crippen LogP contribution is -2.50. The van der Waals surface area contributed by atoms with Gasteiger partial charge in [0.05, 0.1) is 20.3 Å². The van der Waals surface area contributed by atoms with Crippen LogP contribution >= 0.6 is 0 Å². The standard InChI is InChI=1S/C16H18N2O5/c1-9-11-4-3-10(21-2)7-12(11)23-14(9)16(20)18-5-6-22-13(8-18)15(17)19/h3-4,7,13H,5-6,8H2,1-2H3,(H2,17,19)/t13-/m1/s1. The van der Waals surface area contributed by atoms with Crippen LogP contribution in [0.3, 0.4) is 0 Å². The summed E-state index contributed by atoms with van der Waals surface area (Å²) in [6.45, 7) is 2.63. The van der Waals surface area contributed by atoms with Crippen LogP contribution in [0.4, 0.5) is 0 Å². The first-order chi connectivity index (χ1) is 11.0. The molecule has 1 aliphatic heterocycles. The lowest BCUT2D eigenvalue weighted by molar-refractivity contribution is -0.133. The molecule has 0 spiro atoms. The van der Waals surface area contributed by atoms with E-state index < -0.39 is 12.0 Å². The maximum absolute atomic E-state index is 12.7. The molecule has 1 aromatic heterocycles. The second-order valence-corrected chi connectivity index (χ2v) is 5.43. The first kappa shape index (κ1) is 15.4. The van der Waals surface area contributed by atoms with Crippen molar-refractivity contribution in [1.29, 1.82) is 0 Å². The predicted molar refractivity (Wildman–Crippen MR) is 82.3 cm³/mol. The van der Waals surface area contributed by atoms with Crippen molar-refractivity contribution < 1.29 is 23.5 Å². The molecule has 1 atom stereocenters. The van der Waals surface area contributed by atoms with Gasteiger partial charge in [-0.15, -0.1) is 0 Å². The number of amides is 2. The summed E-state index contributed by atoms with van der Waals surface area (Å²) in [5.74, 6) is 0.0737. The summed E-state index contributed by atoms with van der Waals surface area (Å²) in [6.07, 6.45) is -0.780. The molecule has 0 saturated carbocycles. The van der Waals surface area contributed by atoms with Gasteiger partial charge >= 0.3 is 0 Å². The summed E-state index contributed by atoms with van der Waals surface area (Å²) in [7, 11) is 1.57. The lowest BCUT2D eigenvalue weighted by atomic mass is 10.1. The van der Waals surface area contributed by atoms with E-state index in [0.29, 0.717) is 17.9 Å². The van der Waals surface area contributed by atoms with E-state index in [9.17, 15) is 9.59 Å². The fraction of sp³-hybridized carbons (Fsp3) is 0.375. The number of carbonyl (C=O) groups excluding carboxylic acids is 2. The van der Waals surface area contributed by atoms with Crippen LogP contribution in [0.15, 0.2) is 22.6 Å². The maximum Gasteiger partial charge on any atom is 0.290 e. The molecule has 1 aliphatic rings. The van der Waals surface area contributed by atoms with Gasteiger partial charge in [0.25, 0.3) is 5.91 Å². The third-order valence-electron chi connectivity index (χ3n) is 4.01. The van der Waals surface area contributed by atoms with E-state index in [1.807, 2.05) is 19.1 Å². The summed E-state index contributed by atoms with van der Waals surface area (Å²) in [5.41, 5.74) is 6.60. The van der Waals surface area contributed by atoms with E-state index >= 15 is 0 Å². The molecule has 2 aromatic rings. The average molecular weight is 318 g/mol. The number of primary amides is 1. The van der Waals surface area contributed by atoms with Crippen LogP contribution in [0.25, 0.3) is 11.0 Å². The molecule has 3 rings (SSSR count). The number of morpholine rings is 1. The highest BCUT2D eigenvalue weighted by Gasteiger charge is 2.31. The lowest BCUT2D eigenvalue weighted by Gasteiger charge is -2.30. The van der Waals surface area contributed by atoms with Gasteiger partial charge < -0.3 is 24.5 Å². The van der Waals surface area contributed by atoms with Crippen LogP contribution < -0.4 is 10.5 Å². The van der Waals surface area contributed by atoms with Crippen molar-refractivity contribution >= 4 is 22.8 Å². The Hall–Kier alpha value is -2.54. The second-order valence-electron chi connectivity index (χ2n) is 5.43. The number of nitrogens with zero attached hydrogens (tertiary/aromatic N) is 1. The Balaban J connectivity index is 1.91. The predicted octanol–water partition coefficient (Wildman–Crippen LogP) is 1.08. The van der Waals surface area contributed by atoms with Gasteiger partial charge in [0.15, 0.2) is 11.9 Å². The fourth-order valence-electron chi connectivity index (χ4n) is 2.69. The van der Waals surface area contributed by atoms with Crippen molar-refractivity contribution in [2.45, 2.75) is 13.0 Å². The summed E-state index contributed by atoms with van der Waals surface area (Å²) >= 11 is 0. The monoisotopic (exact) mass is 318 g/mol. The van der Waals surface area contributed by atoms with Crippen LogP contribution in [-0.2, 0) is 9.53 Å². The van der Waals surface area contributed by atoms with E-state index in [2.05, 4.69) is 0 Å². The smallest absolute Gasteiger partial charge is 0.290 e. The molecule has 7 nitrogen and oxygen atoms in total. The number of aryl methyl sites for hydroxylation is 1. The first-order valence-corrected chi connectivity index (χ1v) is 7.28. The molecule has 2 N–H and O–H groups in total. The summed E-state index contributed by atoms with van der Waals surface area (Å²) in [4.78, 5) is 25.5. The number of hydrogen-bond donors (Lipinski definition) is 1. The molecule has 23 heavy (non-hydrogen) atoms. The Labute approximate surface area is 132 Å². The van der Waals surface area contributed by atoms with Crippen molar-refractivity contribution in [3.63, 3.8) is 0 Å². The highest BCUT2D eigenvalue weighted by Crippen LogP contribution is 2.29. The molecule has 1 aromatic carbocycles. The zero-order chi connectivity index (χ0) is 16.6. The highest BCUT2D eigenvalue weighted by molar-refractivity contribution is 5.99. The van der Waals surface area contributed by atoms with Crippen molar-refractivity contribution in [1.82, 2.24) is 4.90 Å². The number of hydrogen-bond acceptors (Lipinski definition) is 5. The van der Waals surface area contributed by atoms with Gasteiger partial charge in [-0.05, 0) is 19.1 Å². The van der Waals surface area contributed by atoms with Crippen LogP contribution in [0.5, 0.6) is 5.75 Å². The molecule has 2 heterocycles. The third-order valence-corrected chi connectivity index (χ3v) is 4.01. The normalized spacial score (nSPS) is 18.2.